The van der Waals surface area contributed by atoms with E-state index in [4.69, 9.17) is 4.84 Å². The highest BCUT2D eigenvalue weighted by Gasteiger charge is 2.35. The van der Waals surface area contributed by atoms with Crippen molar-refractivity contribution in [2.24, 2.45) is 17.0 Å². The Labute approximate surface area is 78.7 Å². The second-order valence-electron chi connectivity index (χ2n) is 4.54. The van der Waals surface area contributed by atoms with E-state index in [1.54, 1.807) is 0 Å². The van der Waals surface area contributed by atoms with Crippen molar-refractivity contribution in [3.63, 3.8) is 0 Å². The lowest BCUT2D eigenvalue weighted by atomic mass is 10.0. The van der Waals surface area contributed by atoms with Gasteiger partial charge in [-0.1, -0.05) is 5.16 Å². The zero-order valence-electron chi connectivity index (χ0n) is 7.91. The van der Waals surface area contributed by atoms with Crippen LogP contribution in [0.2, 0.25) is 0 Å². The second-order valence-corrected chi connectivity index (χ2v) is 4.54. The fraction of sp³-hybridized carbons (Fsp3) is 0.900. The quantitative estimate of drug-likeness (QED) is 0.608. The van der Waals surface area contributed by atoms with Crippen molar-refractivity contribution in [3.05, 3.63) is 0 Å². The van der Waals surface area contributed by atoms with E-state index in [1.165, 1.54) is 38.1 Å². The number of oxime groups is 1. The molecule has 2 unspecified atom stereocenters. The van der Waals surface area contributed by atoms with E-state index in [1.807, 2.05) is 0 Å². The Morgan fingerprint density at radius 3 is 2.92 bits per heavy atom. The molecule has 3 aliphatic rings. The summed E-state index contributed by atoms with van der Waals surface area (Å²) >= 11 is 0. The largest absolute Gasteiger partial charge is 0.396 e. The molecule has 13 heavy (non-hydrogen) atoms. The van der Waals surface area contributed by atoms with Crippen molar-refractivity contribution in [2.75, 3.05) is 26.2 Å². The molecule has 2 atom stereocenters. The van der Waals surface area contributed by atoms with Crippen LogP contribution < -0.4 is 0 Å². The van der Waals surface area contributed by atoms with Gasteiger partial charge in [-0.25, -0.2) is 0 Å². The predicted molar refractivity (Wildman–Crippen MR) is 50.7 cm³/mol. The molecule has 2 saturated heterocycles. The highest BCUT2D eigenvalue weighted by molar-refractivity contribution is 5.91. The number of nitrogens with zero attached hydrogens (tertiary/aromatic N) is 2. The molecule has 2 aliphatic heterocycles. The van der Waals surface area contributed by atoms with Crippen LogP contribution in [0.25, 0.3) is 0 Å². The van der Waals surface area contributed by atoms with Crippen LogP contribution in [-0.4, -0.2) is 36.9 Å². The number of piperidine rings is 1. The highest BCUT2D eigenvalue weighted by Crippen LogP contribution is 2.29. The van der Waals surface area contributed by atoms with E-state index >= 15 is 0 Å². The molecule has 3 nitrogen and oxygen atoms in total. The van der Waals surface area contributed by atoms with Crippen LogP contribution in [0, 0.1) is 11.8 Å². The first-order chi connectivity index (χ1) is 6.42. The summed E-state index contributed by atoms with van der Waals surface area (Å²) in [5.41, 5.74) is 1.30. The molecule has 0 aromatic rings. The number of hydrogen-bond acceptors (Lipinski definition) is 3. The Morgan fingerprint density at radius 2 is 2.31 bits per heavy atom. The molecule has 1 aliphatic carbocycles. The van der Waals surface area contributed by atoms with Gasteiger partial charge in [-0.05, 0) is 31.7 Å². The summed E-state index contributed by atoms with van der Waals surface area (Å²) < 4.78 is 0. The SMILES string of the molecule is C1CC1CON=C1CN2CCC1C2. The number of hydrogen-bond donors (Lipinski definition) is 0. The van der Waals surface area contributed by atoms with Crippen LogP contribution in [0.15, 0.2) is 5.16 Å². The van der Waals surface area contributed by atoms with Crippen LogP contribution in [0.5, 0.6) is 0 Å². The summed E-state index contributed by atoms with van der Waals surface area (Å²) in [6.07, 6.45) is 3.99. The van der Waals surface area contributed by atoms with Crippen molar-refractivity contribution < 1.29 is 4.84 Å². The first-order valence-electron chi connectivity index (χ1n) is 5.33. The van der Waals surface area contributed by atoms with E-state index in [2.05, 4.69) is 10.1 Å². The minimum atomic E-state index is 0.721. The summed E-state index contributed by atoms with van der Waals surface area (Å²) in [4.78, 5) is 7.82. The lowest BCUT2D eigenvalue weighted by Gasteiger charge is -2.12. The number of fused-ring (bicyclic) bond motifs is 2. The summed E-state index contributed by atoms with van der Waals surface area (Å²) in [6.45, 7) is 4.42. The first-order valence-corrected chi connectivity index (χ1v) is 5.33. The van der Waals surface area contributed by atoms with Crippen LogP contribution >= 0.6 is 0 Å². The van der Waals surface area contributed by atoms with E-state index < -0.39 is 0 Å². The van der Waals surface area contributed by atoms with E-state index in [-0.39, 0.29) is 0 Å². The van der Waals surface area contributed by atoms with Crippen LogP contribution in [-0.2, 0) is 4.84 Å². The van der Waals surface area contributed by atoms with Crippen LogP contribution in [0.1, 0.15) is 19.3 Å². The molecule has 0 aromatic heterocycles. The molecule has 3 rings (SSSR count). The third kappa shape index (κ3) is 1.57. The zero-order chi connectivity index (χ0) is 8.67. The maximum Gasteiger partial charge on any atom is 0.120 e. The third-order valence-corrected chi connectivity index (χ3v) is 3.32. The second kappa shape index (κ2) is 2.98. The Morgan fingerprint density at radius 1 is 1.38 bits per heavy atom. The monoisotopic (exact) mass is 180 g/mol. The van der Waals surface area contributed by atoms with Crippen molar-refractivity contribution in [2.45, 2.75) is 19.3 Å². The summed E-state index contributed by atoms with van der Waals surface area (Å²) in [6, 6.07) is 0. The molecular formula is C10H16N2O. The maximum atomic E-state index is 5.36. The Bertz CT molecular complexity index is 235. The molecule has 0 amide bonds. The Hall–Kier alpha value is -0.570. The topological polar surface area (TPSA) is 24.8 Å². The standard InChI is InChI=1S/C10H16N2O/c1-2-8(1)7-13-11-10-6-12-4-3-9(10)5-12/h8-9H,1-7H2. The minimum absolute atomic E-state index is 0.721. The summed E-state index contributed by atoms with van der Waals surface area (Å²) in [7, 11) is 0. The molecule has 0 spiro atoms. The van der Waals surface area contributed by atoms with Gasteiger partial charge in [-0.2, -0.15) is 0 Å². The van der Waals surface area contributed by atoms with Crippen LogP contribution in [0.3, 0.4) is 0 Å². The normalized spacial score (nSPS) is 40.2. The molecule has 3 fully saturated rings. The number of rotatable bonds is 3. The van der Waals surface area contributed by atoms with Crippen molar-refractivity contribution in [1.29, 1.82) is 0 Å². The molecule has 0 aromatic carbocycles. The van der Waals surface area contributed by atoms with Crippen LogP contribution in [0.4, 0.5) is 0 Å². The zero-order valence-corrected chi connectivity index (χ0v) is 7.91. The van der Waals surface area contributed by atoms with Gasteiger partial charge in [-0.3, -0.25) is 4.90 Å². The highest BCUT2D eigenvalue weighted by atomic mass is 16.6. The van der Waals surface area contributed by atoms with E-state index in [0.29, 0.717) is 0 Å². The van der Waals surface area contributed by atoms with Crippen molar-refractivity contribution >= 4 is 5.71 Å². The lowest BCUT2D eigenvalue weighted by Crippen LogP contribution is -2.23. The molecule has 2 heterocycles. The van der Waals surface area contributed by atoms with Gasteiger partial charge in [0.05, 0.1) is 5.71 Å². The fourth-order valence-corrected chi connectivity index (χ4v) is 2.22. The van der Waals surface area contributed by atoms with Gasteiger partial charge in [0.1, 0.15) is 6.61 Å². The molecule has 1 saturated carbocycles. The summed E-state index contributed by atoms with van der Waals surface area (Å²) in [5, 5.41) is 4.26. The Balaban J connectivity index is 1.52. The fourth-order valence-electron chi connectivity index (χ4n) is 2.22. The first kappa shape index (κ1) is 7.80. The molecule has 2 bridgehead atoms. The molecular weight excluding hydrogens is 164 g/mol. The van der Waals surface area contributed by atoms with Crippen molar-refractivity contribution in [3.8, 4) is 0 Å². The van der Waals surface area contributed by atoms with Gasteiger partial charge in [-0.15, -0.1) is 0 Å². The van der Waals surface area contributed by atoms with Gasteiger partial charge >= 0.3 is 0 Å². The average Bonchev–Trinajstić information content (AvgIpc) is 2.74. The maximum absolute atomic E-state index is 5.36. The van der Waals surface area contributed by atoms with E-state index in [0.717, 1.165) is 25.0 Å². The van der Waals surface area contributed by atoms with E-state index in [9.17, 15) is 0 Å². The molecule has 0 radical (unpaired) electrons. The van der Waals surface area contributed by atoms with Crippen molar-refractivity contribution in [1.82, 2.24) is 4.90 Å². The summed E-state index contributed by atoms with van der Waals surface area (Å²) in [5.74, 6) is 1.54. The predicted octanol–water partition coefficient (Wildman–Crippen LogP) is 1.10. The van der Waals surface area contributed by atoms with Gasteiger partial charge in [0.15, 0.2) is 0 Å². The van der Waals surface area contributed by atoms with Gasteiger partial charge in [0.25, 0.3) is 0 Å². The lowest BCUT2D eigenvalue weighted by molar-refractivity contribution is 0.132. The van der Waals surface area contributed by atoms with Gasteiger partial charge in [0.2, 0.25) is 0 Å². The van der Waals surface area contributed by atoms with Gasteiger partial charge in [0, 0.05) is 19.0 Å². The van der Waals surface area contributed by atoms with Gasteiger partial charge < -0.3 is 4.84 Å². The molecule has 72 valence electrons. The third-order valence-electron chi connectivity index (χ3n) is 3.32. The minimum Gasteiger partial charge on any atom is -0.396 e. The molecule has 0 N–H and O–H groups in total. The average molecular weight is 180 g/mol. The molecule has 3 heteroatoms. The Kier molecular flexibility index (Phi) is 1.79. The smallest absolute Gasteiger partial charge is 0.120 e.